The maximum Gasteiger partial charge on any atom is 0.190 e. The summed E-state index contributed by atoms with van der Waals surface area (Å²) in [6.45, 7) is 6.33. The van der Waals surface area contributed by atoms with Gasteiger partial charge in [-0.05, 0) is 19.1 Å². The molecule has 0 saturated heterocycles. The Morgan fingerprint density at radius 2 is 2.11 bits per heavy atom. The van der Waals surface area contributed by atoms with Crippen molar-refractivity contribution in [1.82, 2.24) is 15.0 Å². The highest BCUT2D eigenvalue weighted by Crippen LogP contribution is 2.24. The van der Waals surface area contributed by atoms with Crippen molar-refractivity contribution in [2.75, 3.05) is 0 Å². The van der Waals surface area contributed by atoms with Crippen LogP contribution in [0.2, 0.25) is 0 Å². The van der Waals surface area contributed by atoms with Crippen molar-refractivity contribution < 1.29 is 0 Å². The molecule has 0 bridgehead atoms. The first-order chi connectivity index (χ1) is 8.61. The zero-order valence-electron chi connectivity index (χ0n) is 9.89. The van der Waals surface area contributed by atoms with E-state index in [0.717, 1.165) is 21.3 Å². The maximum absolute atomic E-state index is 9.08. The largest absolute Gasteiger partial charge is 0.239 e. The van der Waals surface area contributed by atoms with Gasteiger partial charge >= 0.3 is 0 Å². The van der Waals surface area contributed by atoms with E-state index in [1.54, 1.807) is 4.68 Å². The molecular weight excluding hydrogens is 292 g/mol. The molecule has 0 atom stereocenters. The number of aromatic nitrogens is 3. The summed E-state index contributed by atoms with van der Waals surface area (Å²) in [4.78, 5) is 0. The van der Waals surface area contributed by atoms with E-state index in [1.807, 2.05) is 31.2 Å². The molecule has 1 aromatic heterocycles. The van der Waals surface area contributed by atoms with Crippen LogP contribution in [-0.2, 0) is 6.54 Å². The number of nitriles is 1. The first-order valence-electron chi connectivity index (χ1n) is 5.35. The summed E-state index contributed by atoms with van der Waals surface area (Å²) in [6, 6.07) is 9.78. The zero-order chi connectivity index (χ0) is 13.1. The Hall–Kier alpha value is -1.93. The lowest BCUT2D eigenvalue weighted by Crippen LogP contribution is -2.03. The van der Waals surface area contributed by atoms with Crippen molar-refractivity contribution in [3.63, 3.8) is 0 Å². The Balaban J connectivity index is 2.54. The standard InChI is InChI=1S/C13H11BrN4/c1-9(2)8-18-13(12(7-15)16-17-18)10-3-5-11(14)6-4-10/h3-6H,1,8H2,2H3. The smallest absolute Gasteiger partial charge is 0.190 e. The minimum atomic E-state index is 0.332. The van der Waals surface area contributed by atoms with Gasteiger partial charge in [-0.2, -0.15) is 5.26 Å². The second-order valence-corrected chi connectivity index (χ2v) is 4.94. The van der Waals surface area contributed by atoms with Gasteiger partial charge in [0.05, 0.1) is 6.54 Å². The molecule has 0 radical (unpaired) electrons. The number of nitrogens with zero attached hydrogens (tertiary/aromatic N) is 4. The van der Waals surface area contributed by atoms with Crippen molar-refractivity contribution in [2.45, 2.75) is 13.5 Å². The van der Waals surface area contributed by atoms with Crippen molar-refractivity contribution in [3.05, 3.63) is 46.6 Å². The van der Waals surface area contributed by atoms with Gasteiger partial charge in [0, 0.05) is 10.0 Å². The fraction of sp³-hybridized carbons (Fsp3) is 0.154. The van der Waals surface area contributed by atoms with Crippen LogP contribution in [0.1, 0.15) is 12.6 Å². The molecule has 0 fully saturated rings. The van der Waals surface area contributed by atoms with Crippen LogP contribution in [0.3, 0.4) is 0 Å². The van der Waals surface area contributed by atoms with Crippen molar-refractivity contribution in [1.29, 1.82) is 5.26 Å². The predicted molar refractivity (Wildman–Crippen MR) is 72.7 cm³/mol. The van der Waals surface area contributed by atoms with Gasteiger partial charge < -0.3 is 0 Å². The summed E-state index contributed by atoms with van der Waals surface area (Å²) in [7, 11) is 0. The third-order valence-electron chi connectivity index (χ3n) is 2.38. The topological polar surface area (TPSA) is 54.5 Å². The van der Waals surface area contributed by atoms with Crippen LogP contribution in [0.25, 0.3) is 11.3 Å². The molecule has 0 N–H and O–H groups in total. The van der Waals surface area contributed by atoms with Gasteiger partial charge in [-0.1, -0.05) is 45.4 Å². The highest BCUT2D eigenvalue weighted by atomic mass is 79.9. The zero-order valence-corrected chi connectivity index (χ0v) is 11.5. The Morgan fingerprint density at radius 3 is 2.67 bits per heavy atom. The lowest BCUT2D eigenvalue weighted by Gasteiger charge is -2.06. The van der Waals surface area contributed by atoms with E-state index in [9.17, 15) is 0 Å². The molecule has 5 heteroatoms. The summed E-state index contributed by atoms with van der Waals surface area (Å²) in [5.74, 6) is 0. The second kappa shape index (κ2) is 5.15. The quantitative estimate of drug-likeness (QED) is 0.818. The molecule has 90 valence electrons. The fourth-order valence-electron chi connectivity index (χ4n) is 1.65. The number of hydrogen-bond donors (Lipinski definition) is 0. The lowest BCUT2D eigenvalue weighted by molar-refractivity contribution is 0.649. The van der Waals surface area contributed by atoms with Gasteiger partial charge in [0.15, 0.2) is 5.69 Å². The first-order valence-corrected chi connectivity index (χ1v) is 6.15. The summed E-state index contributed by atoms with van der Waals surface area (Å²) >= 11 is 3.39. The molecule has 18 heavy (non-hydrogen) atoms. The Kier molecular flexibility index (Phi) is 3.58. The minimum absolute atomic E-state index is 0.332. The molecule has 4 nitrogen and oxygen atoms in total. The van der Waals surface area contributed by atoms with Crippen molar-refractivity contribution in [3.8, 4) is 17.3 Å². The molecular formula is C13H11BrN4. The summed E-state index contributed by atoms with van der Waals surface area (Å²) < 4.78 is 2.69. The minimum Gasteiger partial charge on any atom is -0.239 e. The number of halogens is 1. The van der Waals surface area contributed by atoms with E-state index in [0.29, 0.717) is 12.2 Å². The van der Waals surface area contributed by atoms with Gasteiger partial charge in [-0.15, -0.1) is 5.10 Å². The van der Waals surface area contributed by atoms with Crippen LogP contribution < -0.4 is 0 Å². The number of allylic oxidation sites excluding steroid dienone is 1. The number of hydrogen-bond acceptors (Lipinski definition) is 3. The van der Waals surface area contributed by atoms with E-state index in [2.05, 4.69) is 38.9 Å². The molecule has 0 aliphatic heterocycles. The Bertz CT molecular complexity index is 619. The molecule has 0 spiro atoms. The van der Waals surface area contributed by atoms with E-state index < -0.39 is 0 Å². The molecule has 0 unspecified atom stereocenters. The predicted octanol–water partition coefficient (Wildman–Crippen LogP) is 3.16. The second-order valence-electron chi connectivity index (χ2n) is 4.02. The highest BCUT2D eigenvalue weighted by molar-refractivity contribution is 9.10. The molecule has 0 saturated carbocycles. The Labute approximate surface area is 114 Å². The van der Waals surface area contributed by atoms with Crippen LogP contribution >= 0.6 is 15.9 Å². The number of rotatable bonds is 3. The highest BCUT2D eigenvalue weighted by Gasteiger charge is 2.14. The van der Waals surface area contributed by atoms with Crippen LogP contribution in [0.4, 0.5) is 0 Å². The molecule has 2 aromatic rings. The monoisotopic (exact) mass is 302 g/mol. The van der Waals surface area contributed by atoms with Gasteiger partial charge in [-0.3, -0.25) is 0 Å². The fourth-order valence-corrected chi connectivity index (χ4v) is 1.91. The molecule has 1 heterocycles. The summed E-state index contributed by atoms with van der Waals surface area (Å²) in [6.07, 6.45) is 0. The maximum atomic E-state index is 9.08. The first kappa shape index (κ1) is 12.5. The molecule has 1 aromatic carbocycles. The van der Waals surface area contributed by atoms with E-state index in [-0.39, 0.29) is 0 Å². The average Bonchev–Trinajstić information content (AvgIpc) is 2.72. The molecule has 0 aliphatic carbocycles. The van der Waals surface area contributed by atoms with Gasteiger partial charge in [0.1, 0.15) is 11.8 Å². The van der Waals surface area contributed by atoms with Crippen molar-refractivity contribution >= 4 is 15.9 Å². The SMILES string of the molecule is C=C(C)Cn1nnc(C#N)c1-c1ccc(Br)cc1. The third-order valence-corrected chi connectivity index (χ3v) is 2.91. The van der Waals surface area contributed by atoms with E-state index >= 15 is 0 Å². The molecule has 0 aliphatic rings. The van der Waals surface area contributed by atoms with Crippen LogP contribution in [0, 0.1) is 11.3 Å². The van der Waals surface area contributed by atoms with Crippen molar-refractivity contribution in [2.24, 2.45) is 0 Å². The summed E-state index contributed by atoms with van der Waals surface area (Å²) in [5, 5.41) is 17.0. The van der Waals surface area contributed by atoms with Gasteiger partial charge in [0.25, 0.3) is 0 Å². The van der Waals surface area contributed by atoms with E-state index in [4.69, 9.17) is 5.26 Å². The molecule has 2 rings (SSSR count). The normalized spacial score (nSPS) is 10.1. The average molecular weight is 303 g/mol. The molecule has 0 amide bonds. The summed E-state index contributed by atoms with van der Waals surface area (Å²) in [5.41, 5.74) is 2.94. The van der Waals surface area contributed by atoms with Gasteiger partial charge in [0.2, 0.25) is 0 Å². The number of benzene rings is 1. The van der Waals surface area contributed by atoms with E-state index in [1.165, 1.54) is 0 Å². The third kappa shape index (κ3) is 2.49. The van der Waals surface area contributed by atoms with Crippen LogP contribution in [-0.4, -0.2) is 15.0 Å². The Morgan fingerprint density at radius 1 is 1.44 bits per heavy atom. The lowest BCUT2D eigenvalue weighted by atomic mass is 10.1. The van der Waals surface area contributed by atoms with Crippen LogP contribution in [0.5, 0.6) is 0 Å². The van der Waals surface area contributed by atoms with Gasteiger partial charge in [-0.25, -0.2) is 4.68 Å². The van der Waals surface area contributed by atoms with Crippen LogP contribution in [0.15, 0.2) is 40.9 Å².